The minimum atomic E-state index is -1.37. The average molecular weight is 301 g/mol. The normalized spacial score (nSPS) is 10.3. The number of anilines is 1. The number of carboxylic acid groups (broad SMARTS) is 1. The third kappa shape index (κ3) is 2.64. The Kier molecular flexibility index (Phi) is 3.75. The van der Waals surface area contributed by atoms with Gasteiger partial charge in [0, 0.05) is 12.1 Å². The van der Waals surface area contributed by atoms with Crippen LogP contribution in [0.5, 0.6) is 0 Å². The number of carbonyl (C=O) groups is 2. The van der Waals surface area contributed by atoms with Gasteiger partial charge in [0.05, 0.1) is 5.56 Å². The molecule has 20 heavy (non-hydrogen) atoms. The molecule has 0 saturated heterocycles. The van der Waals surface area contributed by atoms with Crippen LogP contribution >= 0.6 is 11.3 Å². The molecule has 2 N–H and O–H groups in total. The second kappa shape index (κ2) is 5.33. The molecule has 4 nitrogen and oxygen atoms in total. The molecule has 8 heteroatoms. The van der Waals surface area contributed by atoms with Crippen molar-refractivity contribution in [2.75, 3.05) is 5.32 Å². The van der Waals surface area contributed by atoms with Crippen LogP contribution in [0.4, 0.5) is 18.2 Å². The lowest BCUT2D eigenvalue weighted by Crippen LogP contribution is -2.17. The summed E-state index contributed by atoms with van der Waals surface area (Å²) in [5.41, 5.74) is -1.18. The van der Waals surface area contributed by atoms with E-state index in [9.17, 15) is 22.8 Å². The summed E-state index contributed by atoms with van der Waals surface area (Å²) in [6, 6.07) is 1.97. The molecule has 104 valence electrons. The second-order valence-corrected chi connectivity index (χ2v) is 4.58. The number of nitrogens with one attached hydrogen (secondary N) is 1. The summed E-state index contributed by atoms with van der Waals surface area (Å²) in [7, 11) is 0. The third-order valence-electron chi connectivity index (χ3n) is 2.36. The first-order chi connectivity index (χ1) is 9.40. The van der Waals surface area contributed by atoms with Crippen LogP contribution in [0.3, 0.4) is 0 Å². The molecular formula is C12H6F3NO3S. The Morgan fingerprint density at radius 2 is 1.75 bits per heavy atom. The van der Waals surface area contributed by atoms with E-state index in [-0.39, 0.29) is 10.6 Å². The van der Waals surface area contributed by atoms with E-state index >= 15 is 0 Å². The second-order valence-electron chi connectivity index (χ2n) is 3.67. The van der Waals surface area contributed by atoms with Gasteiger partial charge in [0.2, 0.25) is 0 Å². The highest BCUT2D eigenvalue weighted by Gasteiger charge is 2.21. The van der Waals surface area contributed by atoms with Crippen LogP contribution in [0.15, 0.2) is 23.6 Å². The van der Waals surface area contributed by atoms with Gasteiger partial charge in [-0.05, 0) is 11.4 Å². The van der Waals surface area contributed by atoms with Gasteiger partial charge >= 0.3 is 5.97 Å². The zero-order valence-corrected chi connectivity index (χ0v) is 10.4. The predicted molar refractivity (Wildman–Crippen MR) is 65.5 cm³/mol. The van der Waals surface area contributed by atoms with Crippen LogP contribution in [-0.2, 0) is 0 Å². The summed E-state index contributed by atoms with van der Waals surface area (Å²) >= 11 is 0.884. The fourth-order valence-electron chi connectivity index (χ4n) is 1.50. The number of rotatable bonds is 3. The maximum atomic E-state index is 13.4. The van der Waals surface area contributed by atoms with Gasteiger partial charge in [0.15, 0.2) is 0 Å². The molecule has 0 aliphatic carbocycles. The van der Waals surface area contributed by atoms with E-state index in [1.54, 1.807) is 0 Å². The maximum Gasteiger partial charge on any atom is 0.338 e. The molecule has 1 heterocycles. The molecule has 0 radical (unpaired) electrons. The lowest BCUT2D eigenvalue weighted by atomic mass is 10.1. The topological polar surface area (TPSA) is 66.4 Å². The smallest absolute Gasteiger partial charge is 0.338 e. The summed E-state index contributed by atoms with van der Waals surface area (Å²) in [4.78, 5) is 22.6. The Balaban J connectivity index is 2.34. The summed E-state index contributed by atoms with van der Waals surface area (Å²) in [6.45, 7) is 0. The van der Waals surface area contributed by atoms with Crippen molar-refractivity contribution in [2.24, 2.45) is 0 Å². The lowest BCUT2D eigenvalue weighted by molar-refractivity contribution is 0.0698. The Labute approximate surface area is 114 Å². The van der Waals surface area contributed by atoms with Crippen molar-refractivity contribution in [1.82, 2.24) is 0 Å². The Morgan fingerprint density at radius 1 is 1.15 bits per heavy atom. The average Bonchev–Trinajstić information content (AvgIpc) is 2.75. The quantitative estimate of drug-likeness (QED) is 0.915. The van der Waals surface area contributed by atoms with Crippen molar-refractivity contribution in [2.45, 2.75) is 0 Å². The molecule has 0 bridgehead atoms. The van der Waals surface area contributed by atoms with Crippen molar-refractivity contribution < 1.29 is 27.9 Å². The summed E-state index contributed by atoms with van der Waals surface area (Å²) < 4.78 is 39.5. The molecule has 1 amide bonds. The van der Waals surface area contributed by atoms with E-state index < -0.39 is 34.9 Å². The Morgan fingerprint density at radius 3 is 2.30 bits per heavy atom. The molecule has 2 rings (SSSR count). The number of amides is 1. The zero-order chi connectivity index (χ0) is 14.9. The number of hydrogen-bond donors (Lipinski definition) is 2. The van der Waals surface area contributed by atoms with Crippen molar-refractivity contribution >= 4 is 28.2 Å². The van der Waals surface area contributed by atoms with Crippen molar-refractivity contribution in [3.63, 3.8) is 0 Å². The monoisotopic (exact) mass is 301 g/mol. The lowest BCUT2D eigenvalue weighted by Gasteiger charge is -2.06. The van der Waals surface area contributed by atoms with E-state index in [1.807, 2.05) is 0 Å². The highest BCUT2D eigenvalue weighted by Crippen LogP contribution is 2.25. The third-order valence-corrected chi connectivity index (χ3v) is 3.19. The number of carbonyl (C=O) groups excluding carboxylic acids is 1. The Bertz CT molecular complexity index is 676. The van der Waals surface area contributed by atoms with Gasteiger partial charge in [-0.15, -0.1) is 11.3 Å². The van der Waals surface area contributed by atoms with Crippen LogP contribution < -0.4 is 5.32 Å². The number of benzene rings is 1. The fourth-order valence-corrected chi connectivity index (χ4v) is 2.27. The van der Waals surface area contributed by atoms with Crippen molar-refractivity contribution in [1.29, 1.82) is 0 Å². The van der Waals surface area contributed by atoms with Crippen LogP contribution in [0.25, 0.3) is 0 Å². The van der Waals surface area contributed by atoms with E-state index in [1.165, 1.54) is 11.4 Å². The van der Waals surface area contributed by atoms with Crippen LogP contribution in [0.2, 0.25) is 0 Å². The molecule has 0 atom stereocenters. The molecule has 0 spiro atoms. The highest BCUT2D eigenvalue weighted by molar-refractivity contribution is 7.14. The number of hydrogen-bond acceptors (Lipinski definition) is 3. The van der Waals surface area contributed by atoms with E-state index in [0.717, 1.165) is 11.3 Å². The number of thiophene rings is 1. The predicted octanol–water partition coefficient (Wildman–Crippen LogP) is 3.12. The van der Waals surface area contributed by atoms with Gasteiger partial charge in [-0.2, -0.15) is 0 Å². The van der Waals surface area contributed by atoms with Gasteiger partial charge in [0.25, 0.3) is 5.91 Å². The number of carboxylic acids is 1. The largest absolute Gasteiger partial charge is 0.478 e. The molecule has 0 unspecified atom stereocenters. The Hall–Kier alpha value is -2.35. The molecule has 2 aromatic rings. The molecule has 1 aromatic carbocycles. The molecule has 0 saturated carbocycles. The van der Waals surface area contributed by atoms with Crippen LogP contribution in [-0.4, -0.2) is 17.0 Å². The highest BCUT2D eigenvalue weighted by atomic mass is 32.1. The first-order valence-electron chi connectivity index (χ1n) is 5.17. The summed E-state index contributed by atoms with van der Waals surface area (Å²) in [5.74, 6) is -6.37. The van der Waals surface area contributed by atoms with Crippen LogP contribution in [0.1, 0.15) is 20.7 Å². The van der Waals surface area contributed by atoms with Gasteiger partial charge in [-0.25, -0.2) is 18.0 Å². The van der Waals surface area contributed by atoms with E-state index in [2.05, 4.69) is 5.32 Å². The van der Waals surface area contributed by atoms with Crippen molar-refractivity contribution in [3.05, 3.63) is 52.2 Å². The van der Waals surface area contributed by atoms with Gasteiger partial charge in [0.1, 0.15) is 28.0 Å². The minimum Gasteiger partial charge on any atom is -0.478 e. The first kappa shape index (κ1) is 14.1. The van der Waals surface area contributed by atoms with Gasteiger partial charge < -0.3 is 10.4 Å². The number of halogens is 3. The summed E-state index contributed by atoms with van der Waals surface area (Å²) in [5, 5.41) is 12.3. The maximum absolute atomic E-state index is 13.4. The van der Waals surface area contributed by atoms with Gasteiger partial charge in [-0.1, -0.05) is 0 Å². The standard InChI is InChI=1S/C12H6F3NO3S/c13-5-3-7(14)9(8(15)4-5)10(17)16-11-6(12(18)19)1-2-20-11/h1-4H,(H,16,17)(H,18,19). The molecule has 0 fully saturated rings. The van der Waals surface area contributed by atoms with E-state index in [0.29, 0.717) is 12.1 Å². The zero-order valence-electron chi connectivity index (χ0n) is 9.62. The summed E-state index contributed by atoms with van der Waals surface area (Å²) in [6.07, 6.45) is 0. The molecular weight excluding hydrogens is 295 g/mol. The van der Waals surface area contributed by atoms with E-state index in [4.69, 9.17) is 5.11 Å². The number of aromatic carboxylic acids is 1. The molecule has 0 aliphatic rings. The molecule has 0 aliphatic heterocycles. The van der Waals surface area contributed by atoms with Crippen molar-refractivity contribution in [3.8, 4) is 0 Å². The fraction of sp³-hybridized carbons (Fsp3) is 0. The van der Waals surface area contributed by atoms with Crippen LogP contribution in [0, 0.1) is 17.5 Å². The van der Waals surface area contributed by atoms with Gasteiger partial charge in [-0.3, -0.25) is 4.79 Å². The molecule has 1 aromatic heterocycles. The SMILES string of the molecule is O=C(O)c1ccsc1NC(=O)c1c(F)cc(F)cc1F. The minimum absolute atomic E-state index is 0.0642. The first-order valence-corrected chi connectivity index (χ1v) is 6.04.